The van der Waals surface area contributed by atoms with E-state index in [4.69, 9.17) is 14.7 Å². The topological polar surface area (TPSA) is 59.3 Å². The average Bonchev–Trinajstić information content (AvgIpc) is 2.83. The molecular weight excluding hydrogens is 266 g/mol. The lowest BCUT2D eigenvalue weighted by Gasteiger charge is -2.01. The molecule has 1 aliphatic heterocycles. The third-order valence-corrected chi connectivity index (χ3v) is 3.21. The molecule has 0 bridgehead atoms. The molecule has 102 valence electrons. The van der Waals surface area contributed by atoms with Crippen molar-refractivity contribution in [1.29, 1.82) is 5.26 Å². The number of hydrogen-bond acceptors (Lipinski definition) is 4. The van der Waals surface area contributed by atoms with E-state index in [1.807, 2.05) is 0 Å². The highest BCUT2D eigenvalue weighted by Crippen LogP contribution is 2.34. The summed E-state index contributed by atoms with van der Waals surface area (Å²) in [6.07, 6.45) is 1.66. The van der Waals surface area contributed by atoms with Gasteiger partial charge >= 0.3 is 0 Å². The van der Waals surface area contributed by atoms with E-state index in [0.29, 0.717) is 22.6 Å². The van der Waals surface area contributed by atoms with E-state index in [1.165, 1.54) is 0 Å². The summed E-state index contributed by atoms with van der Waals surface area (Å²) in [5.74, 6) is 1.25. The quantitative estimate of drug-likeness (QED) is 0.791. The number of methoxy groups -OCH3 is 1. The van der Waals surface area contributed by atoms with Crippen LogP contribution in [0.5, 0.6) is 11.5 Å². The standard InChI is InChI=1S/C17H11NO3/c1-20-13-6-7-14-15(9-13)21-16(17(14)19)8-11-2-4-12(10-18)5-3-11/h2-9H,1H3/b16-8-. The number of benzene rings is 2. The third-order valence-electron chi connectivity index (χ3n) is 3.21. The molecule has 0 aliphatic carbocycles. The predicted molar refractivity (Wildman–Crippen MR) is 77.1 cm³/mol. The maximum absolute atomic E-state index is 12.2. The Morgan fingerprint density at radius 1 is 1.19 bits per heavy atom. The number of fused-ring (bicyclic) bond motifs is 1. The Hall–Kier alpha value is -3.06. The summed E-state index contributed by atoms with van der Waals surface area (Å²) >= 11 is 0. The lowest BCUT2D eigenvalue weighted by molar-refractivity contribution is 0.101. The minimum absolute atomic E-state index is 0.156. The predicted octanol–water partition coefficient (Wildman–Crippen LogP) is 3.18. The first-order chi connectivity index (χ1) is 10.2. The van der Waals surface area contributed by atoms with Crippen LogP contribution in [-0.4, -0.2) is 12.9 Å². The van der Waals surface area contributed by atoms with Crippen LogP contribution >= 0.6 is 0 Å². The molecule has 0 aromatic heterocycles. The molecule has 0 saturated heterocycles. The maximum Gasteiger partial charge on any atom is 0.231 e. The molecule has 0 atom stereocenters. The van der Waals surface area contributed by atoms with Gasteiger partial charge in [-0.2, -0.15) is 5.26 Å². The number of Topliss-reactive ketones (excluding diaryl/α,β-unsaturated/α-hetero) is 1. The minimum Gasteiger partial charge on any atom is -0.497 e. The van der Waals surface area contributed by atoms with E-state index in [0.717, 1.165) is 5.56 Å². The summed E-state index contributed by atoms with van der Waals surface area (Å²) in [5, 5.41) is 8.77. The summed E-state index contributed by atoms with van der Waals surface area (Å²) in [6.45, 7) is 0. The zero-order valence-electron chi connectivity index (χ0n) is 11.3. The van der Waals surface area contributed by atoms with Gasteiger partial charge in [0.15, 0.2) is 5.76 Å². The maximum atomic E-state index is 12.2. The van der Waals surface area contributed by atoms with Crippen molar-refractivity contribution in [1.82, 2.24) is 0 Å². The van der Waals surface area contributed by atoms with Crippen molar-refractivity contribution < 1.29 is 14.3 Å². The monoisotopic (exact) mass is 277 g/mol. The molecule has 0 N–H and O–H groups in total. The van der Waals surface area contributed by atoms with Gasteiger partial charge in [-0.15, -0.1) is 0 Å². The van der Waals surface area contributed by atoms with Gasteiger partial charge in [0.1, 0.15) is 11.5 Å². The number of ketones is 1. The largest absolute Gasteiger partial charge is 0.497 e. The highest BCUT2D eigenvalue weighted by atomic mass is 16.5. The number of ether oxygens (including phenoxy) is 2. The smallest absolute Gasteiger partial charge is 0.231 e. The zero-order chi connectivity index (χ0) is 14.8. The molecule has 0 unspecified atom stereocenters. The molecule has 21 heavy (non-hydrogen) atoms. The van der Waals surface area contributed by atoms with E-state index in [-0.39, 0.29) is 11.5 Å². The fourth-order valence-corrected chi connectivity index (χ4v) is 2.10. The molecule has 0 radical (unpaired) electrons. The fourth-order valence-electron chi connectivity index (χ4n) is 2.10. The van der Waals surface area contributed by atoms with Gasteiger partial charge in [-0.3, -0.25) is 4.79 Å². The van der Waals surface area contributed by atoms with Gasteiger partial charge in [-0.25, -0.2) is 0 Å². The molecule has 0 amide bonds. The van der Waals surface area contributed by atoms with Crippen LogP contribution in [-0.2, 0) is 0 Å². The van der Waals surface area contributed by atoms with Gasteiger partial charge < -0.3 is 9.47 Å². The van der Waals surface area contributed by atoms with E-state index in [1.54, 1.807) is 55.7 Å². The molecule has 3 rings (SSSR count). The molecule has 4 heteroatoms. The molecule has 1 heterocycles. The van der Waals surface area contributed by atoms with E-state index >= 15 is 0 Å². The van der Waals surface area contributed by atoms with Crippen LogP contribution in [0.3, 0.4) is 0 Å². The molecule has 0 fully saturated rings. The first kappa shape index (κ1) is 12.9. The van der Waals surface area contributed by atoms with Crippen LogP contribution in [0.25, 0.3) is 6.08 Å². The van der Waals surface area contributed by atoms with Crippen molar-refractivity contribution in [3.8, 4) is 17.6 Å². The summed E-state index contributed by atoms with van der Waals surface area (Å²) in [7, 11) is 1.56. The molecule has 2 aromatic rings. The number of rotatable bonds is 2. The minimum atomic E-state index is -0.156. The Labute approximate surface area is 121 Å². The highest BCUT2D eigenvalue weighted by molar-refractivity contribution is 6.14. The van der Waals surface area contributed by atoms with Crippen LogP contribution in [0.1, 0.15) is 21.5 Å². The van der Waals surface area contributed by atoms with Gasteiger partial charge in [0.25, 0.3) is 0 Å². The van der Waals surface area contributed by atoms with Crippen LogP contribution in [0, 0.1) is 11.3 Å². The Morgan fingerprint density at radius 3 is 2.62 bits per heavy atom. The summed E-state index contributed by atoms with van der Waals surface area (Å²) in [4.78, 5) is 12.2. The van der Waals surface area contributed by atoms with Crippen LogP contribution in [0.2, 0.25) is 0 Å². The summed E-state index contributed by atoms with van der Waals surface area (Å²) in [5.41, 5.74) is 1.90. The number of hydrogen-bond donors (Lipinski definition) is 0. The second-order valence-electron chi connectivity index (χ2n) is 4.54. The van der Waals surface area contributed by atoms with E-state index < -0.39 is 0 Å². The van der Waals surface area contributed by atoms with Crippen molar-refractivity contribution in [2.45, 2.75) is 0 Å². The Kier molecular flexibility index (Phi) is 3.17. The van der Waals surface area contributed by atoms with Crippen molar-refractivity contribution in [3.63, 3.8) is 0 Å². The number of allylic oxidation sites excluding steroid dienone is 1. The second-order valence-corrected chi connectivity index (χ2v) is 4.54. The van der Waals surface area contributed by atoms with Crippen molar-refractivity contribution in [2.75, 3.05) is 7.11 Å². The fraction of sp³-hybridized carbons (Fsp3) is 0.0588. The normalized spacial score (nSPS) is 14.5. The Bertz CT molecular complexity index is 783. The zero-order valence-corrected chi connectivity index (χ0v) is 11.3. The Balaban J connectivity index is 1.93. The molecule has 2 aromatic carbocycles. The number of carbonyl (C=O) groups excluding carboxylic acids is 1. The lowest BCUT2D eigenvalue weighted by Crippen LogP contribution is -1.97. The molecular formula is C17H11NO3. The summed E-state index contributed by atoms with van der Waals surface area (Å²) in [6, 6.07) is 14.1. The van der Waals surface area contributed by atoms with Gasteiger partial charge in [0.05, 0.1) is 24.3 Å². The van der Waals surface area contributed by atoms with E-state index in [9.17, 15) is 4.79 Å². The van der Waals surface area contributed by atoms with E-state index in [2.05, 4.69) is 6.07 Å². The molecule has 0 saturated carbocycles. The summed E-state index contributed by atoms with van der Waals surface area (Å²) < 4.78 is 10.7. The van der Waals surface area contributed by atoms with Crippen LogP contribution in [0.15, 0.2) is 48.2 Å². The van der Waals surface area contributed by atoms with Gasteiger partial charge in [-0.05, 0) is 35.9 Å². The molecule has 4 nitrogen and oxygen atoms in total. The number of carbonyl (C=O) groups is 1. The second kappa shape index (κ2) is 5.14. The lowest BCUT2D eigenvalue weighted by atomic mass is 10.1. The Morgan fingerprint density at radius 2 is 1.95 bits per heavy atom. The SMILES string of the molecule is COc1ccc2c(c1)O/C(=C\c1ccc(C#N)cc1)C2=O. The van der Waals surface area contributed by atoms with Gasteiger partial charge in [-0.1, -0.05) is 12.1 Å². The van der Waals surface area contributed by atoms with Crippen molar-refractivity contribution >= 4 is 11.9 Å². The van der Waals surface area contributed by atoms with Crippen molar-refractivity contribution in [3.05, 3.63) is 64.9 Å². The highest BCUT2D eigenvalue weighted by Gasteiger charge is 2.27. The van der Waals surface area contributed by atoms with Crippen LogP contribution < -0.4 is 9.47 Å². The van der Waals surface area contributed by atoms with Crippen molar-refractivity contribution in [2.24, 2.45) is 0 Å². The average molecular weight is 277 g/mol. The molecule has 1 aliphatic rings. The third kappa shape index (κ3) is 2.37. The van der Waals surface area contributed by atoms with Gasteiger partial charge in [0, 0.05) is 6.07 Å². The first-order valence-electron chi connectivity index (χ1n) is 6.34. The number of nitriles is 1. The van der Waals surface area contributed by atoms with Crippen LogP contribution in [0.4, 0.5) is 0 Å². The first-order valence-corrected chi connectivity index (χ1v) is 6.34. The molecule has 0 spiro atoms. The number of nitrogens with zero attached hydrogens (tertiary/aromatic N) is 1. The van der Waals surface area contributed by atoms with Gasteiger partial charge in [0.2, 0.25) is 5.78 Å².